The van der Waals surface area contributed by atoms with Crippen molar-refractivity contribution in [2.24, 2.45) is 11.8 Å². The number of fused-ring (bicyclic) bond motifs is 2. The molecule has 280 valence electrons. The van der Waals surface area contributed by atoms with Gasteiger partial charge in [-0.2, -0.15) is 9.97 Å². The summed E-state index contributed by atoms with van der Waals surface area (Å²) in [4.78, 5) is 41.6. The van der Waals surface area contributed by atoms with Crippen molar-refractivity contribution in [1.82, 2.24) is 29.7 Å². The topological polar surface area (TPSA) is 226 Å². The number of aliphatic hydroxyl groups is 2. The fourth-order valence-electron chi connectivity index (χ4n) is 7.13. The van der Waals surface area contributed by atoms with Gasteiger partial charge in [0.1, 0.15) is 41.5 Å². The van der Waals surface area contributed by atoms with Crippen LogP contribution in [0.1, 0.15) is 80.2 Å². The molecule has 0 radical (unpaired) electrons. The van der Waals surface area contributed by atoms with E-state index in [0.717, 1.165) is 25.9 Å². The fraction of sp³-hybridized carbons (Fsp3) is 0.781. The Morgan fingerprint density at radius 2 is 1.62 bits per heavy atom. The summed E-state index contributed by atoms with van der Waals surface area (Å²) in [6.45, 7) is 13.7. The smallest absolute Gasteiger partial charge is 0.342 e. The lowest BCUT2D eigenvalue weighted by Gasteiger charge is -2.33. The van der Waals surface area contributed by atoms with Gasteiger partial charge in [-0.05, 0) is 45.4 Å². The third kappa shape index (κ3) is 6.85. The van der Waals surface area contributed by atoms with Gasteiger partial charge in [0.05, 0.1) is 26.1 Å². The molecule has 3 fully saturated rings. The Balaban J connectivity index is 1.39. The van der Waals surface area contributed by atoms with Crippen LogP contribution in [-0.2, 0) is 32.9 Å². The number of esters is 2. The monoisotopic (exact) mass is 724 g/mol. The van der Waals surface area contributed by atoms with Crippen LogP contribution in [0.3, 0.4) is 0 Å². The predicted molar refractivity (Wildman–Crippen MR) is 184 cm³/mol. The number of carbonyl (C=O) groups is 2. The molecular weight excluding hydrogens is 671 g/mol. The van der Waals surface area contributed by atoms with Gasteiger partial charge in [-0.1, -0.05) is 40.5 Å². The maximum absolute atomic E-state index is 14.7. The van der Waals surface area contributed by atoms with Crippen LogP contribution in [0.15, 0.2) is 6.33 Å². The van der Waals surface area contributed by atoms with E-state index < -0.39 is 67.8 Å². The highest BCUT2D eigenvalue weighted by Crippen LogP contribution is 2.68. The molecule has 0 spiro atoms. The van der Waals surface area contributed by atoms with Crippen LogP contribution in [0, 0.1) is 11.8 Å². The highest BCUT2D eigenvalue weighted by molar-refractivity contribution is 7.54. The third-order valence-electron chi connectivity index (χ3n) is 10.5. The molecule has 50 heavy (non-hydrogen) atoms. The number of aliphatic hydroxyl groups excluding tert-OH is 1. The SMILES string of the molecule is CCOC(=O)[C@@H](NP(=O)(N[C@H](C(=O)OCC)C(C)CC)OC[C@H]1OC2(C)[C@@H](n3cnc4c(N5CCCC5)nc(N)nc43)C2(O)C1O)C(C)CC. The molecule has 5 unspecified atom stereocenters. The molecule has 0 aromatic carbocycles. The Morgan fingerprint density at radius 3 is 2.10 bits per heavy atom. The number of ether oxygens (including phenoxy) is 3. The minimum Gasteiger partial charge on any atom is -0.465 e. The summed E-state index contributed by atoms with van der Waals surface area (Å²) in [7, 11) is -4.29. The van der Waals surface area contributed by atoms with Crippen LogP contribution in [0.5, 0.6) is 0 Å². The zero-order valence-corrected chi connectivity index (χ0v) is 30.9. The standard InChI is InChI=1S/C32H53N8O9P/c1-8-18(5)21(27(42)46-10-3)37-50(45,38-22(19(6)9-2)28(43)47-11-4)48-16-20-24(41)32(44)29(31(32,7)49-20)40-17-34-23-25(39-14-12-13-15-39)35-30(33)36-26(23)40/h17-22,24,29,41,44H,8-16H2,1-7H3,(H2,33,35,36)(H2,37,38,45)/t18?,19?,20-,21+,22+,24?,29-,31?,32?,50?/m1/s1. The first kappa shape index (κ1) is 38.3. The number of rotatable bonds is 17. The van der Waals surface area contributed by atoms with Crippen LogP contribution >= 0.6 is 7.67 Å². The first-order valence-corrected chi connectivity index (χ1v) is 19.3. The Bertz CT molecular complexity index is 1550. The van der Waals surface area contributed by atoms with Crippen molar-refractivity contribution in [2.75, 3.05) is 43.5 Å². The lowest BCUT2D eigenvalue weighted by Crippen LogP contribution is -2.49. The molecule has 18 heteroatoms. The molecule has 6 N–H and O–H groups in total. The Kier molecular flexibility index (Phi) is 11.5. The van der Waals surface area contributed by atoms with Crippen molar-refractivity contribution in [3.05, 3.63) is 6.33 Å². The second-order valence-corrected chi connectivity index (χ2v) is 15.6. The molecule has 4 heterocycles. The molecule has 5 rings (SSSR count). The van der Waals surface area contributed by atoms with Crippen LogP contribution in [0.2, 0.25) is 0 Å². The van der Waals surface area contributed by atoms with Crippen molar-refractivity contribution >= 4 is 42.5 Å². The lowest BCUT2D eigenvalue weighted by molar-refractivity contribution is -0.147. The normalized spacial score (nSPS) is 29.6. The average molecular weight is 725 g/mol. The molecule has 1 saturated carbocycles. The number of anilines is 2. The fourth-order valence-corrected chi connectivity index (χ4v) is 9.16. The highest BCUT2D eigenvalue weighted by atomic mass is 31.2. The molecule has 3 aliphatic rings. The van der Waals surface area contributed by atoms with Gasteiger partial charge in [0, 0.05) is 13.1 Å². The second kappa shape index (κ2) is 15.0. The largest absolute Gasteiger partial charge is 0.465 e. The number of hydrogen-bond donors (Lipinski definition) is 5. The Labute approximate surface area is 292 Å². The van der Waals surface area contributed by atoms with E-state index in [1.165, 1.54) is 6.33 Å². The summed E-state index contributed by atoms with van der Waals surface area (Å²) >= 11 is 0. The minimum atomic E-state index is -4.29. The molecule has 17 nitrogen and oxygen atoms in total. The number of nitrogens with zero attached hydrogens (tertiary/aromatic N) is 5. The number of imidazole rings is 1. The third-order valence-corrected chi connectivity index (χ3v) is 12.2. The van der Waals surface area contributed by atoms with Crippen LogP contribution in [-0.4, -0.2) is 110 Å². The van der Waals surface area contributed by atoms with E-state index in [1.807, 2.05) is 13.8 Å². The van der Waals surface area contributed by atoms with E-state index in [0.29, 0.717) is 29.8 Å². The highest BCUT2D eigenvalue weighted by Gasteiger charge is 2.85. The molecule has 0 bridgehead atoms. The summed E-state index contributed by atoms with van der Waals surface area (Å²) in [6.07, 6.45) is 2.03. The number of nitrogen functional groups attached to an aromatic ring is 1. The van der Waals surface area contributed by atoms with Gasteiger partial charge in [-0.25, -0.2) is 15.2 Å². The van der Waals surface area contributed by atoms with E-state index in [9.17, 15) is 24.4 Å². The molecule has 2 aromatic heterocycles. The van der Waals surface area contributed by atoms with Crippen molar-refractivity contribution in [3.63, 3.8) is 0 Å². The Hall–Kier alpha value is -2.92. The summed E-state index contributed by atoms with van der Waals surface area (Å²) in [5.41, 5.74) is 3.94. The van der Waals surface area contributed by atoms with Gasteiger partial charge < -0.3 is 44.1 Å². The van der Waals surface area contributed by atoms with Gasteiger partial charge in [-0.15, -0.1) is 0 Å². The molecule has 2 aromatic rings. The maximum atomic E-state index is 14.7. The molecule has 0 amide bonds. The molecule has 2 aliphatic heterocycles. The number of carbonyl (C=O) groups excluding carboxylic acids is 2. The molecule has 9 atom stereocenters. The van der Waals surface area contributed by atoms with Gasteiger partial charge in [0.15, 0.2) is 17.0 Å². The first-order valence-electron chi connectivity index (χ1n) is 17.7. The van der Waals surface area contributed by atoms with Crippen molar-refractivity contribution in [2.45, 2.75) is 116 Å². The van der Waals surface area contributed by atoms with Gasteiger partial charge in [0.25, 0.3) is 0 Å². The molecule has 2 saturated heterocycles. The quantitative estimate of drug-likeness (QED) is 0.116. The number of nitrogens with one attached hydrogen (secondary N) is 2. The summed E-state index contributed by atoms with van der Waals surface area (Å²) < 4.78 is 39.1. The molecular formula is C32H53N8O9P. The van der Waals surface area contributed by atoms with Crippen LogP contribution in [0.4, 0.5) is 11.8 Å². The van der Waals surface area contributed by atoms with Crippen molar-refractivity contribution in [3.8, 4) is 0 Å². The minimum absolute atomic E-state index is 0.0598. The van der Waals surface area contributed by atoms with Gasteiger partial charge in [0.2, 0.25) is 5.95 Å². The zero-order chi connectivity index (χ0) is 36.6. The van der Waals surface area contributed by atoms with E-state index >= 15 is 0 Å². The summed E-state index contributed by atoms with van der Waals surface area (Å²) in [5, 5.41) is 29.1. The van der Waals surface area contributed by atoms with E-state index in [-0.39, 0.29) is 31.0 Å². The van der Waals surface area contributed by atoms with E-state index in [4.69, 9.17) is 24.5 Å². The first-order chi connectivity index (χ1) is 23.7. The van der Waals surface area contributed by atoms with Crippen molar-refractivity contribution < 1.29 is 43.1 Å². The lowest BCUT2D eigenvalue weighted by atomic mass is 10.0. The zero-order valence-electron chi connectivity index (χ0n) is 30.0. The summed E-state index contributed by atoms with van der Waals surface area (Å²) in [5.74, 6) is -1.23. The van der Waals surface area contributed by atoms with E-state index in [1.54, 1.807) is 39.2 Å². The van der Waals surface area contributed by atoms with E-state index in [2.05, 4.69) is 30.0 Å². The van der Waals surface area contributed by atoms with Crippen LogP contribution in [0.25, 0.3) is 11.2 Å². The van der Waals surface area contributed by atoms with Crippen LogP contribution < -0.4 is 20.8 Å². The Morgan fingerprint density at radius 1 is 1.06 bits per heavy atom. The number of hydrogen-bond acceptors (Lipinski definition) is 14. The van der Waals surface area contributed by atoms with Gasteiger partial charge in [-0.3, -0.25) is 14.2 Å². The van der Waals surface area contributed by atoms with Gasteiger partial charge >= 0.3 is 19.6 Å². The molecule has 1 aliphatic carbocycles. The number of nitrogens with two attached hydrogens (primary N) is 1. The predicted octanol–water partition coefficient (Wildman–Crippen LogP) is 2.07. The van der Waals surface area contributed by atoms with Crippen molar-refractivity contribution in [1.29, 1.82) is 0 Å². The number of aromatic nitrogens is 4. The average Bonchev–Trinajstić information content (AvgIpc) is 3.61. The second-order valence-electron chi connectivity index (χ2n) is 13.7. The maximum Gasteiger partial charge on any atom is 0.342 e. The summed E-state index contributed by atoms with van der Waals surface area (Å²) in [6, 6.07) is -2.89.